The number of nitrogens with zero attached hydrogens (tertiary/aromatic N) is 3. The summed E-state index contributed by atoms with van der Waals surface area (Å²) in [6.07, 6.45) is 1.00. The van der Waals surface area contributed by atoms with Gasteiger partial charge in [-0.25, -0.2) is 0 Å². The van der Waals surface area contributed by atoms with Gasteiger partial charge in [0.2, 0.25) is 12.3 Å². The molecule has 1 aromatic heterocycles. The summed E-state index contributed by atoms with van der Waals surface area (Å²) in [6, 6.07) is 3.42. The van der Waals surface area contributed by atoms with Crippen molar-refractivity contribution in [1.82, 2.24) is 15.0 Å². The van der Waals surface area contributed by atoms with E-state index in [0.29, 0.717) is 0 Å². The Labute approximate surface area is 112 Å². The molecule has 0 unspecified atom stereocenters. The van der Waals surface area contributed by atoms with Crippen molar-refractivity contribution >= 4 is 33.4 Å². The molecule has 2 N–H and O–H groups in total. The Kier molecular flexibility index (Phi) is 3.60. The fraction of sp³-hybridized carbons (Fsp3) is 0. The van der Waals surface area contributed by atoms with Crippen molar-refractivity contribution in [2.24, 2.45) is 0 Å². The maximum atomic E-state index is 12.7. The first-order chi connectivity index (χ1) is 8.86. The van der Waals surface area contributed by atoms with Gasteiger partial charge in [0, 0.05) is 0 Å². The predicted octanol–water partition coefficient (Wildman–Crippen LogP) is 1.45. The van der Waals surface area contributed by atoms with Gasteiger partial charge in [0.15, 0.2) is 0 Å². The van der Waals surface area contributed by atoms with E-state index in [-0.39, 0.29) is 21.6 Å². The molecule has 19 heavy (non-hydrogen) atoms. The van der Waals surface area contributed by atoms with E-state index >= 15 is 0 Å². The SMILES string of the molecule is O=S(=O)(O)c1ccc(Nc2n[c]nc(F)n2)c(Cl)c1. The van der Waals surface area contributed by atoms with Crippen molar-refractivity contribution in [1.29, 1.82) is 0 Å². The Morgan fingerprint density at radius 1 is 1.37 bits per heavy atom. The maximum Gasteiger partial charge on any atom is 0.314 e. The summed E-state index contributed by atoms with van der Waals surface area (Å²) in [5.41, 5.74) is 0.230. The van der Waals surface area contributed by atoms with Crippen LogP contribution in [-0.4, -0.2) is 27.9 Å². The molecule has 2 rings (SSSR count). The fourth-order valence-electron chi connectivity index (χ4n) is 1.19. The van der Waals surface area contributed by atoms with Crippen LogP contribution in [0.4, 0.5) is 16.0 Å². The highest BCUT2D eigenvalue weighted by Gasteiger charge is 2.12. The molecule has 0 saturated heterocycles. The topological polar surface area (TPSA) is 105 Å². The van der Waals surface area contributed by atoms with E-state index in [0.717, 1.165) is 12.1 Å². The van der Waals surface area contributed by atoms with Crippen molar-refractivity contribution in [2.75, 3.05) is 5.32 Å². The number of aromatic nitrogens is 3. The van der Waals surface area contributed by atoms with Gasteiger partial charge < -0.3 is 5.32 Å². The molecular weight excluding hydrogens is 299 g/mol. The van der Waals surface area contributed by atoms with E-state index in [1.165, 1.54) is 6.07 Å². The minimum Gasteiger partial charge on any atom is -0.323 e. The summed E-state index contributed by atoms with van der Waals surface area (Å²) in [5.74, 6) is -0.144. The molecule has 0 bridgehead atoms. The molecule has 0 saturated carbocycles. The van der Waals surface area contributed by atoms with Gasteiger partial charge in [-0.05, 0) is 18.2 Å². The molecule has 0 atom stereocenters. The van der Waals surface area contributed by atoms with E-state index in [9.17, 15) is 12.8 Å². The zero-order chi connectivity index (χ0) is 14.0. The van der Waals surface area contributed by atoms with Gasteiger partial charge in [-0.15, -0.1) is 0 Å². The van der Waals surface area contributed by atoms with Crippen LogP contribution < -0.4 is 5.32 Å². The molecule has 0 aliphatic rings. The van der Waals surface area contributed by atoms with Crippen molar-refractivity contribution in [3.8, 4) is 0 Å². The first-order valence-electron chi connectivity index (χ1n) is 4.68. The molecule has 0 aliphatic heterocycles. The molecule has 10 heteroatoms. The third kappa shape index (κ3) is 3.34. The number of anilines is 2. The van der Waals surface area contributed by atoms with Crippen molar-refractivity contribution < 1.29 is 17.4 Å². The first-order valence-corrected chi connectivity index (χ1v) is 6.50. The molecule has 1 radical (unpaired) electrons. The van der Waals surface area contributed by atoms with Gasteiger partial charge >= 0.3 is 6.08 Å². The van der Waals surface area contributed by atoms with Crippen molar-refractivity contribution in [3.05, 3.63) is 35.6 Å². The first kappa shape index (κ1) is 13.6. The van der Waals surface area contributed by atoms with E-state index < -0.39 is 16.2 Å². The predicted molar refractivity (Wildman–Crippen MR) is 63.2 cm³/mol. The second kappa shape index (κ2) is 5.03. The van der Waals surface area contributed by atoms with Gasteiger partial charge in [0.05, 0.1) is 15.6 Å². The number of halogens is 2. The van der Waals surface area contributed by atoms with E-state index in [1.54, 1.807) is 0 Å². The van der Waals surface area contributed by atoms with Crippen LogP contribution in [0.15, 0.2) is 23.1 Å². The number of rotatable bonds is 3. The highest BCUT2D eigenvalue weighted by atomic mass is 35.5. The van der Waals surface area contributed by atoms with E-state index in [1.807, 2.05) is 6.33 Å². The second-order valence-corrected chi connectivity index (χ2v) is 5.10. The molecule has 0 amide bonds. The van der Waals surface area contributed by atoms with Gasteiger partial charge in [-0.2, -0.15) is 27.8 Å². The third-order valence-corrected chi connectivity index (χ3v) is 3.14. The fourth-order valence-corrected chi connectivity index (χ4v) is 1.98. The lowest BCUT2D eigenvalue weighted by Gasteiger charge is -2.07. The lowest BCUT2D eigenvalue weighted by molar-refractivity contribution is 0.483. The maximum absolute atomic E-state index is 12.7. The molecule has 2 aromatic rings. The summed E-state index contributed by atoms with van der Waals surface area (Å²) >= 11 is 5.81. The van der Waals surface area contributed by atoms with Crippen LogP contribution in [0.2, 0.25) is 5.02 Å². The molecule has 99 valence electrons. The Hall–Kier alpha value is -1.84. The van der Waals surface area contributed by atoms with Gasteiger partial charge in [0.1, 0.15) is 0 Å². The Morgan fingerprint density at radius 3 is 2.68 bits per heavy atom. The lowest BCUT2D eigenvalue weighted by Crippen LogP contribution is -2.02. The van der Waals surface area contributed by atoms with Gasteiger partial charge in [0.25, 0.3) is 10.1 Å². The Balaban J connectivity index is 2.32. The second-order valence-electron chi connectivity index (χ2n) is 3.27. The summed E-state index contributed by atoms with van der Waals surface area (Å²) in [4.78, 5) is 9.53. The average Bonchev–Trinajstić information content (AvgIpc) is 2.30. The van der Waals surface area contributed by atoms with Crippen LogP contribution in [-0.2, 0) is 10.1 Å². The van der Waals surface area contributed by atoms with Crippen LogP contribution in [0, 0.1) is 12.4 Å². The smallest absolute Gasteiger partial charge is 0.314 e. The summed E-state index contributed by atoms with van der Waals surface area (Å²) in [6.45, 7) is 0. The summed E-state index contributed by atoms with van der Waals surface area (Å²) in [7, 11) is -4.34. The molecule has 7 nitrogen and oxygen atoms in total. The van der Waals surface area contributed by atoms with Crippen LogP contribution in [0.1, 0.15) is 0 Å². The average molecular weight is 304 g/mol. The summed E-state index contributed by atoms with van der Waals surface area (Å²) in [5, 5.41) is 2.53. The Morgan fingerprint density at radius 2 is 2.11 bits per heavy atom. The van der Waals surface area contributed by atoms with Crippen molar-refractivity contribution in [3.63, 3.8) is 0 Å². The zero-order valence-electron chi connectivity index (χ0n) is 9.00. The monoisotopic (exact) mass is 303 g/mol. The lowest BCUT2D eigenvalue weighted by atomic mass is 10.3. The highest BCUT2D eigenvalue weighted by molar-refractivity contribution is 7.85. The normalized spacial score (nSPS) is 11.3. The standard InChI is InChI=1S/C9H5ClFN4O3S/c10-6-3-5(19(16,17)18)1-2-7(6)14-9-13-4-12-8(11)15-9/h1-3H,(H,16,17,18)(H,12,13,14,15). The highest BCUT2D eigenvalue weighted by Crippen LogP contribution is 2.26. The molecule has 0 fully saturated rings. The van der Waals surface area contributed by atoms with Gasteiger partial charge in [-0.3, -0.25) is 4.55 Å². The third-order valence-electron chi connectivity index (χ3n) is 1.98. The van der Waals surface area contributed by atoms with Crippen LogP contribution in [0.25, 0.3) is 0 Å². The van der Waals surface area contributed by atoms with E-state index in [2.05, 4.69) is 20.3 Å². The Bertz CT molecular complexity index is 725. The molecule has 0 aliphatic carbocycles. The molecule has 1 heterocycles. The number of hydrogen-bond acceptors (Lipinski definition) is 6. The number of benzene rings is 1. The molecule has 0 spiro atoms. The number of nitrogens with one attached hydrogen (secondary N) is 1. The minimum absolute atomic E-state index is 0.0176. The van der Waals surface area contributed by atoms with Crippen molar-refractivity contribution in [2.45, 2.75) is 4.90 Å². The molecular formula is C9H5ClFN4O3S. The van der Waals surface area contributed by atoms with Crippen LogP contribution in [0.5, 0.6) is 0 Å². The zero-order valence-corrected chi connectivity index (χ0v) is 10.6. The summed E-state index contributed by atoms with van der Waals surface area (Å²) < 4.78 is 43.3. The van der Waals surface area contributed by atoms with E-state index in [4.69, 9.17) is 16.2 Å². The minimum atomic E-state index is -4.34. The van der Waals surface area contributed by atoms with Gasteiger partial charge in [-0.1, -0.05) is 11.6 Å². The van der Waals surface area contributed by atoms with Crippen LogP contribution >= 0.6 is 11.6 Å². The quantitative estimate of drug-likeness (QED) is 0.827. The number of hydrogen-bond donors (Lipinski definition) is 2. The van der Waals surface area contributed by atoms with Crippen LogP contribution in [0.3, 0.4) is 0 Å². The largest absolute Gasteiger partial charge is 0.323 e. The molecule has 1 aromatic carbocycles.